The molecular formula is C16H24N4O2. The predicted octanol–water partition coefficient (Wildman–Crippen LogP) is 0.885. The molecule has 0 aromatic heterocycles. The maximum atomic E-state index is 11.8. The highest BCUT2D eigenvalue weighted by Crippen LogP contribution is 2.28. The van der Waals surface area contributed by atoms with Gasteiger partial charge in [-0.15, -0.1) is 0 Å². The number of guanidine groups is 1. The lowest BCUT2D eigenvalue weighted by Crippen LogP contribution is -2.44. The van der Waals surface area contributed by atoms with E-state index >= 15 is 0 Å². The molecule has 0 bridgehead atoms. The second-order valence-electron chi connectivity index (χ2n) is 5.51. The molecule has 1 saturated carbocycles. The normalized spacial score (nSPS) is 20.2. The van der Waals surface area contributed by atoms with Gasteiger partial charge in [0.05, 0.1) is 13.7 Å². The van der Waals surface area contributed by atoms with Gasteiger partial charge in [-0.1, -0.05) is 19.1 Å². The van der Waals surface area contributed by atoms with Crippen LogP contribution in [-0.4, -0.2) is 38.6 Å². The third-order valence-electron chi connectivity index (χ3n) is 3.72. The number of benzene rings is 1. The van der Waals surface area contributed by atoms with Crippen molar-refractivity contribution in [1.29, 1.82) is 0 Å². The molecule has 2 atom stereocenters. The maximum Gasteiger partial charge on any atom is 0.239 e. The quantitative estimate of drug-likeness (QED) is 0.539. The van der Waals surface area contributed by atoms with Crippen LogP contribution in [0.1, 0.15) is 18.9 Å². The molecule has 1 aliphatic rings. The maximum absolute atomic E-state index is 11.8. The van der Waals surface area contributed by atoms with E-state index in [4.69, 9.17) is 4.74 Å². The average Bonchev–Trinajstić information content (AvgIpc) is 3.24. The van der Waals surface area contributed by atoms with E-state index in [1.54, 1.807) is 14.2 Å². The van der Waals surface area contributed by atoms with Gasteiger partial charge in [0.25, 0.3) is 0 Å². The molecule has 1 amide bonds. The number of aliphatic imine (C=N–C) groups is 1. The van der Waals surface area contributed by atoms with E-state index in [1.165, 1.54) is 0 Å². The lowest BCUT2D eigenvalue weighted by atomic mass is 10.2. The Morgan fingerprint density at radius 2 is 2.00 bits per heavy atom. The van der Waals surface area contributed by atoms with E-state index in [0.717, 1.165) is 17.7 Å². The van der Waals surface area contributed by atoms with Crippen molar-refractivity contribution in [3.05, 3.63) is 29.8 Å². The molecule has 0 spiro atoms. The summed E-state index contributed by atoms with van der Waals surface area (Å²) in [6.45, 7) is 2.89. The van der Waals surface area contributed by atoms with Crippen LogP contribution in [0.2, 0.25) is 0 Å². The highest BCUT2D eigenvalue weighted by molar-refractivity contribution is 5.86. The van der Waals surface area contributed by atoms with Gasteiger partial charge in [-0.3, -0.25) is 9.79 Å². The van der Waals surface area contributed by atoms with E-state index in [9.17, 15) is 4.79 Å². The van der Waals surface area contributed by atoms with E-state index in [0.29, 0.717) is 24.5 Å². The smallest absolute Gasteiger partial charge is 0.239 e. The summed E-state index contributed by atoms with van der Waals surface area (Å²) in [5, 5.41) is 9.17. The lowest BCUT2D eigenvalue weighted by Gasteiger charge is -2.11. The fourth-order valence-corrected chi connectivity index (χ4v) is 2.06. The van der Waals surface area contributed by atoms with Gasteiger partial charge in [0.2, 0.25) is 5.91 Å². The Morgan fingerprint density at radius 3 is 2.55 bits per heavy atom. The molecule has 22 heavy (non-hydrogen) atoms. The second kappa shape index (κ2) is 7.68. The summed E-state index contributed by atoms with van der Waals surface area (Å²) in [6, 6.07) is 8.10. The first-order valence-corrected chi connectivity index (χ1v) is 7.49. The molecule has 3 N–H and O–H groups in total. The van der Waals surface area contributed by atoms with Gasteiger partial charge >= 0.3 is 0 Å². The minimum absolute atomic E-state index is 0.0670. The van der Waals surface area contributed by atoms with Gasteiger partial charge in [0, 0.05) is 19.6 Å². The Morgan fingerprint density at radius 1 is 1.32 bits per heavy atom. The van der Waals surface area contributed by atoms with E-state index in [1.807, 2.05) is 24.3 Å². The van der Waals surface area contributed by atoms with Crippen molar-refractivity contribution in [1.82, 2.24) is 16.0 Å². The van der Waals surface area contributed by atoms with Crippen LogP contribution in [0.3, 0.4) is 0 Å². The van der Waals surface area contributed by atoms with Crippen molar-refractivity contribution in [3.63, 3.8) is 0 Å². The Balaban J connectivity index is 1.68. The molecule has 0 saturated heterocycles. The van der Waals surface area contributed by atoms with E-state index in [2.05, 4.69) is 27.9 Å². The molecular weight excluding hydrogens is 280 g/mol. The summed E-state index contributed by atoms with van der Waals surface area (Å²) in [7, 11) is 3.34. The van der Waals surface area contributed by atoms with Crippen molar-refractivity contribution >= 4 is 11.9 Å². The standard InChI is InChI=1S/C16H24N4O2/c1-11-8-14(11)20-16(17-2)19-10-15(21)18-9-12-4-6-13(22-3)7-5-12/h4-7,11,14H,8-10H2,1-3H3,(H,18,21)(H2,17,19,20). The minimum atomic E-state index is -0.0670. The van der Waals surface area contributed by atoms with Crippen LogP contribution in [-0.2, 0) is 11.3 Å². The first-order valence-electron chi connectivity index (χ1n) is 7.49. The van der Waals surface area contributed by atoms with Crippen LogP contribution < -0.4 is 20.7 Å². The Hall–Kier alpha value is -2.24. The first kappa shape index (κ1) is 16.1. The number of carbonyl (C=O) groups is 1. The molecule has 120 valence electrons. The fraction of sp³-hybridized carbons (Fsp3) is 0.500. The van der Waals surface area contributed by atoms with Crippen molar-refractivity contribution < 1.29 is 9.53 Å². The predicted molar refractivity (Wildman–Crippen MR) is 86.9 cm³/mol. The van der Waals surface area contributed by atoms with Crippen LogP contribution >= 0.6 is 0 Å². The number of carbonyl (C=O) groups excluding carboxylic acids is 1. The number of amides is 1. The summed E-state index contributed by atoms with van der Waals surface area (Å²) >= 11 is 0. The molecule has 1 fully saturated rings. The topological polar surface area (TPSA) is 74.8 Å². The molecule has 0 heterocycles. The van der Waals surface area contributed by atoms with Gasteiger partial charge in [-0.25, -0.2) is 0 Å². The van der Waals surface area contributed by atoms with Crippen LogP contribution in [0.15, 0.2) is 29.3 Å². The number of nitrogens with one attached hydrogen (secondary N) is 3. The first-order chi connectivity index (χ1) is 10.6. The number of hydrogen-bond donors (Lipinski definition) is 3. The zero-order chi connectivity index (χ0) is 15.9. The molecule has 0 radical (unpaired) electrons. The molecule has 2 rings (SSSR count). The van der Waals surface area contributed by atoms with Crippen molar-refractivity contribution in [2.24, 2.45) is 10.9 Å². The van der Waals surface area contributed by atoms with Crippen LogP contribution in [0.4, 0.5) is 0 Å². The molecule has 2 unspecified atom stereocenters. The summed E-state index contributed by atoms with van der Waals surface area (Å²) in [5.41, 5.74) is 1.03. The van der Waals surface area contributed by atoms with Crippen molar-refractivity contribution in [2.75, 3.05) is 20.7 Å². The van der Waals surface area contributed by atoms with Gasteiger partial charge in [0.15, 0.2) is 5.96 Å². The van der Waals surface area contributed by atoms with E-state index < -0.39 is 0 Å². The van der Waals surface area contributed by atoms with Gasteiger partial charge in [-0.2, -0.15) is 0 Å². The Kier molecular flexibility index (Phi) is 5.63. The summed E-state index contributed by atoms with van der Waals surface area (Å²) in [4.78, 5) is 16.0. The van der Waals surface area contributed by atoms with E-state index in [-0.39, 0.29) is 12.5 Å². The summed E-state index contributed by atoms with van der Waals surface area (Å²) in [6.07, 6.45) is 1.16. The molecule has 1 aromatic carbocycles. The number of ether oxygens (including phenoxy) is 1. The van der Waals surface area contributed by atoms with Gasteiger partial charge < -0.3 is 20.7 Å². The highest BCUT2D eigenvalue weighted by atomic mass is 16.5. The Bertz CT molecular complexity index is 527. The summed E-state index contributed by atoms with van der Waals surface area (Å²) < 4.78 is 5.10. The van der Waals surface area contributed by atoms with Crippen LogP contribution in [0, 0.1) is 5.92 Å². The largest absolute Gasteiger partial charge is 0.497 e. The molecule has 6 heteroatoms. The number of nitrogens with zero attached hydrogens (tertiary/aromatic N) is 1. The van der Waals surface area contributed by atoms with Crippen LogP contribution in [0.5, 0.6) is 5.75 Å². The van der Waals surface area contributed by atoms with Gasteiger partial charge in [-0.05, 0) is 30.0 Å². The molecule has 1 aromatic rings. The highest BCUT2D eigenvalue weighted by Gasteiger charge is 2.33. The fourth-order valence-electron chi connectivity index (χ4n) is 2.06. The van der Waals surface area contributed by atoms with Gasteiger partial charge in [0.1, 0.15) is 5.75 Å². The second-order valence-corrected chi connectivity index (χ2v) is 5.51. The van der Waals surface area contributed by atoms with Crippen LogP contribution in [0.25, 0.3) is 0 Å². The zero-order valence-electron chi connectivity index (χ0n) is 13.3. The minimum Gasteiger partial charge on any atom is -0.497 e. The molecule has 1 aliphatic carbocycles. The molecule has 6 nitrogen and oxygen atoms in total. The average molecular weight is 304 g/mol. The lowest BCUT2D eigenvalue weighted by molar-refractivity contribution is -0.120. The third-order valence-corrected chi connectivity index (χ3v) is 3.72. The van der Waals surface area contributed by atoms with Crippen molar-refractivity contribution in [3.8, 4) is 5.75 Å². The summed E-state index contributed by atoms with van der Waals surface area (Å²) in [5.74, 6) is 2.10. The zero-order valence-corrected chi connectivity index (χ0v) is 13.3. The SMILES string of the molecule is CN=C(NCC(=O)NCc1ccc(OC)cc1)NC1CC1C. The number of methoxy groups -OCH3 is 1. The Labute approximate surface area is 131 Å². The van der Waals surface area contributed by atoms with Crippen molar-refractivity contribution in [2.45, 2.75) is 25.9 Å². The molecule has 0 aliphatic heterocycles. The third kappa shape index (κ3) is 4.95. The monoisotopic (exact) mass is 304 g/mol. The number of rotatable bonds is 6. The number of hydrogen-bond acceptors (Lipinski definition) is 3.